The Hall–Kier alpha value is -1.13. The topological polar surface area (TPSA) is 46.5 Å². The molecule has 0 radical (unpaired) electrons. The van der Waals surface area contributed by atoms with Crippen molar-refractivity contribution in [2.75, 3.05) is 6.61 Å². The number of rotatable bonds is 5. The highest BCUT2D eigenvalue weighted by Gasteiger charge is 1.99. The smallest absolute Gasteiger partial charge is 0.309 e. The first kappa shape index (κ1) is 13.9. The Bertz CT molecular complexity index is 413. The van der Waals surface area contributed by atoms with Gasteiger partial charge >= 0.3 is 5.97 Å². The van der Waals surface area contributed by atoms with E-state index in [1.165, 1.54) is 0 Å². The van der Waals surface area contributed by atoms with Crippen LogP contribution in [0.4, 0.5) is 0 Å². The molecule has 17 heavy (non-hydrogen) atoms. The van der Waals surface area contributed by atoms with Crippen LogP contribution in [0, 0.1) is 0 Å². The lowest BCUT2D eigenvalue weighted by atomic mass is 10.1. The standard InChI is InChI=1S/C13H15BrO3/c1-2-17-13(16)5-3-4-10-6-7-12(14)11(8-10)9-15/h3-4,6-8,15H,2,5,9H2,1H3. The third-order valence-corrected chi connectivity index (χ3v) is 2.91. The molecule has 0 spiro atoms. The molecule has 0 heterocycles. The van der Waals surface area contributed by atoms with Gasteiger partial charge in [-0.25, -0.2) is 0 Å². The molecule has 1 N–H and O–H groups in total. The summed E-state index contributed by atoms with van der Waals surface area (Å²) < 4.78 is 5.68. The van der Waals surface area contributed by atoms with Crippen molar-refractivity contribution in [1.29, 1.82) is 0 Å². The molecule has 0 bridgehead atoms. The molecule has 1 rings (SSSR count). The first-order valence-electron chi connectivity index (χ1n) is 5.38. The number of benzene rings is 1. The third kappa shape index (κ3) is 4.71. The predicted molar refractivity (Wildman–Crippen MR) is 70.3 cm³/mol. The summed E-state index contributed by atoms with van der Waals surface area (Å²) in [4.78, 5) is 11.1. The van der Waals surface area contributed by atoms with Crippen molar-refractivity contribution in [2.24, 2.45) is 0 Å². The minimum Gasteiger partial charge on any atom is -0.466 e. The van der Waals surface area contributed by atoms with Crippen molar-refractivity contribution in [3.63, 3.8) is 0 Å². The molecule has 0 aromatic heterocycles. The van der Waals surface area contributed by atoms with Crippen LogP contribution in [0.3, 0.4) is 0 Å². The molecule has 0 aliphatic carbocycles. The van der Waals surface area contributed by atoms with Crippen LogP contribution in [-0.2, 0) is 16.1 Å². The van der Waals surface area contributed by atoms with E-state index in [0.29, 0.717) is 6.61 Å². The molecule has 0 amide bonds. The van der Waals surface area contributed by atoms with E-state index < -0.39 is 0 Å². The fourth-order valence-electron chi connectivity index (χ4n) is 1.33. The molecule has 0 saturated heterocycles. The van der Waals surface area contributed by atoms with Crippen molar-refractivity contribution >= 4 is 28.0 Å². The van der Waals surface area contributed by atoms with Gasteiger partial charge < -0.3 is 9.84 Å². The summed E-state index contributed by atoms with van der Waals surface area (Å²) in [6, 6.07) is 5.65. The summed E-state index contributed by atoms with van der Waals surface area (Å²) in [6.07, 6.45) is 3.85. The van der Waals surface area contributed by atoms with Crippen molar-refractivity contribution in [3.05, 3.63) is 39.9 Å². The van der Waals surface area contributed by atoms with Gasteiger partial charge in [0.25, 0.3) is 0 Å². The fourth-order valence-corrected chi connectivity index (χ4v) is 1.70. The molecular weight excluding hydrogens is 284 g/mol. The monoisotopic (exact) mass is 298 g/mol. The predicted octanol–water partition coefficient (Wildman–Crippen LogP) is 2.91. The van der Waals surface area contributed by atoms with Gasteiger partial charge in [-0.05, 0) is 30.2 Å². The maximum Gasteiger partial charge on any atom is 0.309 e. The number of aliphatic hydroxyl groups is 1. The minimum absolute atomic E-state index is 0.0138. The lowest BCUT2D eigenvalue weighted by molar-refractivity contribution is -0.142. The SMILES string of the molecule is CCOC(=O)CC=Cc1ccc(Br)c(CO)c1. The van der Waals surface area contributed by atoms with Crippen LogP contribution in [-0.4, -0.2) is 17.7 Å². The molecule has 1 aromatic rings. The lowest BCUT2D eigenvalue weighted by Gasteiger charge is -2.02. The first-order chi connectivity index (χ1) is 8.17. The van der Waals surface area contributed by atoms with Crippen LogP contribution in [0.25, 0.3) is 6.08 Å². The van der Waals surface area contributed by atoms with Gasteiger partial charge in [0.05, 0.1) is 19.6 Å². The summed E-state index contributed by atoms with van der Waals surface area (Å²) >= 11 is 3.34. The number of hydrogen-bond acceptors (Lipinski definition) is 3. The Labute approximate surface area is 109 Å². The third-order valence-electron chi connectivity index (χ3n) is 2.14. The zero-order chi connectivity index (χ0) is 12.7. The molecule has 0 aliphatic rings. The number of ether oxygens (including phenoxy) is 1. The number of esters is 1. The van der Waals surface area contributed by atoms with E-state index >= 15 is 0 Å². The average molecular weight is 299 g/mol. The molecule has 0 atom stereocenters. The van der Waals surface area contributed by atoms with Crippen LogP contribution in [0.15, 0.2) is 28.7 Å². The first-order valence-corrected chi connectivity index (χ1v) is 6.18. The molecular formula is C13H15BrO3. The van der Waals surface area contributed by atoms with Crippen molar-refractivity contribution in [3.8, 4) is 0 Å². The maximum absolute atomic E-state index is 11.1. The van der Waals surface area contributed by atoms with Crippen LogP contribution in [0.2, 0.25) is 0 Å². The summed E-state index contributed by atoms with van der Waals surface area (Å²) in [5.74, 6) is -0.233. The number of hydrogen-bond donors (Lipinski definition) is 1. The maximum atomic E-state index is 11.1. The summed E-state index contributed by atoms with van der Waals surface area (Å²) in [7, 11) is 0. The number of halogens is 1. The van der Waals surface area contributed by atoms with Gasteiger partial charge in [0.1, 0.15) is 0 Å². The molecule has 0 saturated carbocycles. The zero-order valence-corrected chi connectivity index (χ0v) is 11.2. The highest BCUT2D eigenvalue weighted by atomic mass is 79.9. The Kier molecular flexibility index (Phi) is 5.94. The second kappa shape index (κ2) is 7.25. The van der Waals surface area contributed by atoms with Crippen LogP contribution < -0.4 is 0 Å². The van der Waals surface area contributed by atoms with Gasteiger partial charge in [-0.3, -0.25) is 4.79 Å². The van der Waals surface area contributed by atoms with E-state index in [-0.39, 0.29) is 19.0 Å². The van der Waals surface area contributed by atoms with Gasteiger partial charge in [-0.15, -0.1) is 0 Å². The van der Waals surface area contributed by atoms with Gasteiger partial charge in [0, 0.05) is 4.47 Å². The van der Waals surface area contributed by atoms with E-state index in [1.807, 2.05) is 24.3 Å². The van der Waals surface area contributed by atoms with Crippen molar-refractivity contribution < 1.29 is 14.6 Å². The second-order valence-corrected chi connectivity index (χ2v) is 4.27. The van der Waals surface area contributed by atoms with Crippen LogP contribution in [0.1, 0.15) is 24.5 Å². The van der Waals surface area contributed by atoms with Gasteiger partial charge in [-0.2, -0.15) is 0 Å². The number of carbonyl (C=O) groups is 1. The van der Waals surface area contributed by atoms with Gasteiger partial charge in [0.15, 0.2) is 0 Å². The van der Waals surface area contributed by atoms with Gasteiger partial charge in [0.2, 0.25) is 0 Å². The highest BCUT2D eigenvalue weighted by molar-refractivity contribution is 9.10. The molecule has 0 fully saturated rings. The van der Waals surface area contributed by atoms with E-state index in [1.54, 1.807) is 13.0 Å². The number of aliphatic hydroxyl groups excluding tert-OH is 1. The molecule has 3 nitrogen and oxygen atoms in total. The molecule has 1 aromatic carbocycles. The normalized spacial score (nSPS) is 10.8. The Morgan fingerprint density at radius 3 is 2.94 bits per heavy atom. The van der Waals surface area contributed by atoms with E-state index in [4.69, 9.17) is 9.84 Å². The Morgan fingerprint density at radius 1 is 1.53 bits per heavy atom. The van der Waals surface area contributed by atoms with E-state index in [0.717, 1.165) is 15.6 Å². The van der Waals surface area contributed by atoms with Gasteiger partial charge in [-0.1, -0.05) is 34.1 Å². The molecule has 0 aliphatic heterocycles. The summed E-state index contributed by atoms with van der Waals surface area (Å²) in [5.41, 5.74) is 1.77. The summed E-state index contributed by atoms with van der Waals surface area (Å²) in [6.45, 7) is 2.17. The largest absolute Gasteiger partial charge is 0.466 e. The minimum atomic E-state index is -0.233. The molecule has 4 heteroatoms. The number of carbonyl (C=O) groups excluding carboxylic acids is 1. The van der Waals surface area contributed by atoms with Crippen LogP contribution in [0.5, 0.6) is 0 Å². The Morgan fingerprint density at radius 2 is 2.29 bits per heavy atom. The van der Waals surface area contributed by atoms with Crippen molar-refractivity contribution in [1.82, 2.24) is 0 Å². The second-order valence-electron chi connectivity index (χ2n) is 3.42. The van der Waals surface area contributed by atoms with E-state index in [2.05, 4.69) is 15.9 Å². The molecule has 0 unspecified atom stereocenters. The highest BCUT2D eigenvalue weighted by Crippen LogP contribution is 2.19. The Balaban J connectivity index is 2.62. The van der Waals surface area contributed by atoms with E-state index in [9.17, 15) is 4.79 Å². The lowest BCUT2D eigenvalue weighted by Crippen LogP contribution is -2.01. The fraction of sp³-hybridized carbons (Fsp3) is 0.308. The average Bonchev–Trinajstić information content (AvgIpc) is 2.31. The van der Waals surface area contributed by atoms with Crippen LogP contribution >= 0.6 is 15.9 Å². The quantitative estimate of drug-likeness (QED) is 0.850. The zero-order valence-electron chi connectivity index (χ0n) is 9.65. The molecule has 92 valence electrons. The van der Waals surface area contributed by atoms with Crippen molar-refractivity contribution in [2.45, 2.75) is 20.0 Å². The summed E-state index contributed by atoms with van der Waals surface area (Å²) in [5, 5.41) is 9.10.